The SMILES string of the molecule is O=C(OCCC1CCC1)C1CC2CCCCC2N1. The predicted molar refractivity (Wildman–Crippen MR) is 70.2 cm³/mol. The highest BCUT2D eigenvalue weighted by Crippen LogP contribution is 2.33. The van der Waals surface area contributed by atoms with Crippen molar-refractivity contribution in [2.45, 2.75) is 69.9 Å². The van der Waals surface area contributed by atoms with Crippen molar-refractivity contribution in [3.63, 3.8) is 0 Å². The quantitative estimate of drug-likeness (QED) is 0.781. The van der Waals surface area contributed by atoms with Crippen LogP contribution >= 0.6 is 0 Å². The molecule has 3 unspecified atom stereocenters. The van der Waals surface area contributed by atoms with Crippen molar-refractivity contribution in [3.8, 4) is 0 Å². The van der Waals surface area contributed by atoms with Crippen molar-refractivity contribution >= 4 is 5.97 Å². The number of rotatable bonds is 4. The lowest BCUT2D eigenvalue weighted by Crippen LogP contribution is -2.38. The molecule has 2 aliphatic carbocycles. The summed E-state index contributed by atoms with van der Waals surface area (Å²) in [7, 11) is 0. The molecule has 0 aromatic heterocycles. The molecule has 0 bridgehead atoms. The van der Waals surface area contributed by atoms with Gasteiger partial charge in [-0.2, -0.15) is 0 Å². The average molecular weight is 251 g/mol. The van der Waals surface area contributed by atoms with E-state index in [0.717, 1.165) is 24.7 Å². The standard InChI is InChI=1S/C15H25NO2/c17-15(18-9-8-11-4-3-5-11)14-10-12-6-1-2-7-13(12)16-14/h11-14,16H,1-10H2. The van der Waals surface area contributed by atoms with Crippen molar-refractivity contribution in [1.29, 1.82) is 0 Å². The number of ether oxygens (including phenoxy) is 1. The van der Waals surface area contributed by atoms with E-state index < -0.39 is 0 Å². The molecule has 2 saturated carbocycles. The highest BCUT2D eigenvalue weighted by atomic mass is 16.5. The fraction of sp³-hybridized carbons (Fsp3) is 0.933. The molecule has 3 fully saturated rings. The summed E-state index contributed by atoms with van der Waals surface area (Å²) in [5.41, 5.74) is 0. The van der Waals surface area contributed by atoms with Gasteiger partial charge in [-0.25, -0.2) is 0 Å². The summed E-state index contributed by atoms with van der Waals surface area (Å²) in [6, 6.07) is 0.572. The second kappa shape index (κ2) is 5.60. The zero-order valence-corrected chi connectivity index (χ0v) is 11.2. The van der Waals surface area contributed by atoms with Gasteiger partial charge in [0, 0.05) is 6.04 Å². The van der Waals surface area contributed by atoms with Crippen LogP contribution in [0.4, 0.5) is 0 Å². The fourth-order valence-electron chi connectivity index (χ4n) is 3.71. The van der Waals surface area contributed by atoms with Crippen molar-refractivity contribution in [2.24, 2.45) is 11.8 Å². The van der Waals surface area contributed by atoms with Crippen LogP contribution in [0.2, 0.25) is 0 Å². The Morgan fingerprint density at radius 1 is 1.11 bits per heavy atom. The number of hydrogen-bond donors (Lipinski definition) is 1. The summed E-state index contributed by atoms with van der Waals surface area (Å²) in [4.78, 5) is 12.0. The lowest BCUT2D eigenvalue weighted by Gasteiger charge is -2.25. The maximum atomic E-state index is 12.0. The van der Waals surface area contributed by atoms with Crippen LogP contribution in [-0.2, 0) is 9.53 Å². The number of carbonyl (C=O) groups excluding carboxylic acids is 1. The molecule has 102 valence electrons. The number of hydrogen-bond acceptors (Lipinski definition) is 3. The minimum Gasteiger partial charge on any atom is -0.465 e. The predicted octanol–water partition coefficient (Wildman–Crippen LogP) is 2.64. The van der Waals surface area contributed by atoms with E-state index in [1.807, 2.05) is 0 Å². The summed E-state index contributed by atoms with van der Waals surface area (Å²) in [6.07, 6.45) is 11.3. The third-order valence-electron chi connectivity index (χ3n) is 5.14. The van der Waals surface area contributed by atoms with E-state index in [9.17, 15) is 4.79 Å². The van der Waals surface area contributed by atoms with E-state index in [1.54, 1.807) is 0 Å². The van der Waals surface area contributed by atoms with Crippen LogP contribution in [-0.4, -0.2) is 24.7 Å². The molecule has 3 atom stereocenters. The Balaban J connectivity index is 1.39. The molecule has 1 saturated heterocycles. The van der Waals surface area contributed by atoms with Crippen molar-refractivity contribution in [3.05, 3.63) is 0 Å². The maximum absolute atomic E-state index is 12.0. The highest BCUT2D eigenvalue weighted by Gasteiger charge is 2.38. The molecule has 3 heteroatoms. The van der Waals surface area contributed by atoms with Gasteiger partial charge in [-0.3, -0.25) is 4.79 Å². The van der Waals surface area contributed by atoms with E-state index in [0.29, 0.717) is 12.6 Å². The number of esters is 1. The lowest BCUT2D eigenvalue weighted by atomic mass is 9.83. The molecule has 3 aliphatic rings. The molecule has 0 aromatic carbocycles. The van der Waals surface area contributed by atoms with Gasteiger partial charge in [-0.1, -0.05) is 32.1 Å². The van der Waals surface area contributed by atoms with Crippen molar-refractivity contribution in [2.75, 3.05) is 6.61 Å². The second-order valence-corrected chi connectivity index (χ2v) is 6.36. The van der Waals surface area contributed by atoms with E-state index in [2.05, 4.69) is 5.32 Å². The maximum Gasteiger partial charge on any atom is 0.323 e. The Hall–Kier alpha value is -0.570. The summed E-state index contributed by atoms with van der Waals surface area (Å²) in [5, 5.41) is 3.48. The van der Waals surface area contributed by atoms with Crippen LogP contribution in [0.25, 0.3) is 0 Å². The van der Waals surface area contributed by atoms with E-state index in [-0.39, 0.29) is 12.0 Å². The Kier molecular flexibility index (Phi) is 3.88. The van der Waals surface area contributed by atoms with Gasteiger partial charge in [-0.15, -0.1) is 0 Å². The minimum absolute atomic E-state index is 0.00345. The van der Waals surface area contributed by atoms with Gasteiger partial charge in [0.25, 0.3) is 0 Å². The molecule has 0 spiro atoms. The first-order valence-electron chi connectivity index (χ1n) is 7.75. The molecular formula is C15H25NO2. The molecule has 0 aromatic rings. The van der Waals surface area contributed by atoms with Gasteiger partial charge >= 0.3 is 5.97 Å². The Morgan fingerprint density at radius 3 is 2.67 bits per heavy atom. The third-order valence-corrected chi connectivity index (χ3v) is 5.14. The van der Waals surface area contributed by atoms with E-state index >= 15 is 0 Å². The zero-order chi connectivity index (χ0) is 12.4. The topological polar surface area (TPSA) is 38.3 Å². The molecule has 1 N–H and O–H groups in total. The van der Waals surface area contributed by atoms with E-state index in [4.69, 9.17) is 4.74 Å². The van der Waals surface area contributed by atoms with Crippen LogP contribution in [0.15, 0.2) is 0 Å². The van der Waals surface area contributed by atoms with Crippen LogP contribution in [0.1, 0.15) is 57.8 Å². The Bertz CT molecular complexity index is 287. The summed E-state index contributed by atoms with van der Waals surface area (Å²) < 4.78 is 5.44. The first-order valence-corrected chi connectivity index (χ1v) is 7.75. The molecule has 0 radical (unpaired) electrons. The lowest BCUT2D eigenvalue weighted by molar-refractivity contribution is -0.146. The monoisotopic (exact) mass is 251 g/mol. The van der Waals surface area contributed by atoms with Gasteiger partial charge in [0.15, 0.2) is 0 Å². The number of carbonyl (C=O) groups is 1. The van der Waals surface area contributed by atoms with Crippen LogP contribution in [0.5, 0.6) is 0 Å². The molecular weight excluding hydrogens is 226 g/mol. The van der Waals surface area contributed by atoms with E-state index in [1.165, 1.54) is 44.9 Å². The Labute approximate surface area is 110 Å². The summed E-state index contributed by atoms with van der Waals surface area (Å²) >= 11 is 0. The van der Waals surface area contributed by atoms with Gasteiger partial charge in [0.05, 0.1) is 6.61 Å². The normalized spacial score (nSPS) is 35.9. The fourth-order valence-corrected chi connectivity index (χ4v) is 3.71. The van der Waals surface area contributed by atoms with Crippen molar-refractivity contribution in [1.82, 2.24) is 5.32 Å². The molecule has 0 amide bonds. The number of fused-ring (bicyclic) bond motifs is 1. The van der Waals surface area contributed by atoms with Crippen LogP contribution < -0.4 is 5.32 Å². The zero-order valence-electron chi connectivity index (χ0n) is 11.2. The second-order valence-electron chi connectivity index (χ2n) is 6.36. The Morgan fingerprint density at radius 2 is 1.94 bits per heavy atom. The van der Waals surface area contributed by atoms with Gasteiger partial charge in [-0.05, 0) is 37.5 Å². The van der Waals surface area contributed by atoms with Gasteiger partial charge in [0.2, 0.25) is 0 Å². The molecule has 18 heavy (non-hydrogen) atoms. The highest BCUT2D eigenvalue weighted by molar-refractivity contribution is 5.76. The van der Waals surface area contributed by atoms with Gasteiger partial charge < -0.3 is 10.1 Å². The minimum atomic E-state index is -0.0144. The summed E-state index contributed by atoms with van der Waals surface area (Å²) in [6.45, 7) is 0.636. The van der Waals surface area contributed by atoms with Crippen LogP contribution in [0, 0.1) is 11.8 Å². The number of nitrogens with one attached hydrogen (secondary N) is 1. The largest absolute Gasteiger partial charge is 0.465 e. The van der Waals surface area contributed by atoms with Crippen LogP contribution in [0.3, 0.4) is 0 Å². The first kappa shape index (κ1) is 12.5. The third kappa shape index (κ3) is 2.71. The molecule has 1 aliphatic heterocycles. The first-order chi connectivity index (χ1) is 8.83. The molecule has 3 rings (SSSR count). The molecule has 3 nitrogen and oxygen atoms in total. The molecule has 1 heterocycles. The van der Waals surface area contributed by atoms with Gasteiger partial charge in [0.1, 0.15) is 6.04 Å². The average Bonchev–Trinajstić information content (AvgIpc) is 2.75. The van der Waals surface area contributed by atoms with Crippen molar-refractivity contribution < 1.29 is 9.53 Å². The smallest absolute Gasteiger partial charge is 0.323 e. The summed E-state index contributed by atoms with van der Waals surface area (Å²) in [5.74, 6) is 1.56.